The van der Waals surface area contributed by atoms with Crippen molar-refractivity contribution in [1.82, 2.24) is 0 Å². The number of carboxylic acid groups (broad SMARTS) is 1. The number of aliphatic carboxylic acids is 1. The molecule has 0 aliphatic heterocycles. The van der Waals surface area contributed by atoms with Gasteiger partial charge in [-0.25, -0.2) is 4.79 Å². The van der Waals surface area contributed by atoms with Crippen molar-refractivity contribution in [3.63, 3.8) is 0 Å². The Balaban J connectivity index is 3.44. The van der Waals surface area contributed by atoms with E-state index in [-0.39, 0.29) is 11.7 Å². The van der Waals surface area contributed by atoms with Crippen molar-refractivity contribution in [1.29, 1.82) is 0 Å². The number of ether oxygens (including phenoxy) is 1. The molecule has 0 aliphatic rings. The van der Waals surface area contributed by atoms with Crippen molar-refractivity contribution in [3.05, 3.63) is 0 Å². The molecule has 0 saturated carbocycles. The Bertz CT molecular complexity index is 185. The summed E-state index contributed by atoms with van der Waals surface area (Å²) in [4.78, 5) is 21.0. The summed E-state index contributed by atoms with van der Waals surface area (Å²) in [5.41, 5.74) is 5.21. The lowest BCUT2D eigenvalue weighted by atomic mass is 10.2. The number of hydrogen-bond donors (Lipinski definition) is 2. The van der Waals surface area contributed by atoms with Gasteiger partial charge in [-0.05, 0) is 25.1 Å². The highest BCUT2D eigenvalue weighted by Gasteiger charge is 2.12. The van der Waals surface area contributed by atoms with Crippen molar-refractivity contribution in [2.24, 2.45) is 5.73 Å². The zero-order valence-electron chi connectivity index (χ0n) is 7.36. The fourth-order valence-electron chi connectivity index (χ4n) is 0.552. The molecule has 0 aromatic rings. The van der Waals surface area contributed by atoms with Gasteiger partial charge in [0.15, 0.2) is 0 Å². The van der Waals surface area contributed by atoms with Crippen molar-refractivity contribution in [3.8, 4) is 0 Å². The molecule has 5 nitrogen and oxygen atoms in total. The molecule has 0 bridgehead atoms. The zero-order valence-corrected chi connectivity index (χ0v) is 8.17. The highest BCUT2D eigenvalue weighted by atomic mass is 32.2. The van der Waals surface area contributed by atoms with Crippen LogP contribution in [0.2, 0.25) is 0 Å². The van der Waals surface area contributed by atoms with E-state index in [2.05, 4.69) is 4.74 Å². The monoisotopic (exact) mass is 207 g/mol. The van der Waals surface area contributed by atoms with Gasteiger partial charge in [0.2, 0.25) is 0 Å². The molecule has 0 aromatic heterocycles. The minimum Gasteiger partial charge on any atom is -0.480 e. The minimum absolute atomic E-state index is 0.263. The van der Waals surface area contributed by atoms with Gasteiger partial charge >= 0.3 is 11.3 Å². The second-order valence-corrected chi connectivity index (χ2v) is 3.30. The Labute approximate surface area is 80.6 Å². The first kappa shape index (κ1) is 12.2. The second kappa shape index (κ2) is 6.73. The first-order valence-electron chi connectivity index (χ1n) is 3.85. The highest BCUT2D eigenvalue weighted by Crippen LogP contribution is 2.07. The largest absolute Gasteiger partial charge is 0.480 e. The highest BCUT2D eigenvalue weighted by molar-refractivity contribution is 8.13. The second-order valence-electron chi connectivity index (χ2n) is 2.26. The number of thioether (sulfide) groups is 1. The molecule has 0 rings (SSSR count). The van der Waals surface area contributed by atoms with E-state index in [4.69, 9.17) is 10.8 Å². The summed E-state index contributed by atoms with van der Waals surface area (Å²) < 4.78 is 4.62. The van der Waals surface area contributed by atoms with E-state index >= 15 is 0 Å². The van der Waals surface area contributed by atoms with Crippen molar-refractivity contribution < 1.29 is 19.4 Å². The Morgan fingerprint density at radius 1 is 1.62 bits per heavy atom. The van der Waals surface area contributed by atoms with Crippen LogP contribution >= 0.6 is 11.8 Å². The van der Waals surface area contributed by atoms with Gasteiger partial charge in [0.05, 0.1) is 6.61 Å². The summed E-state index contributed by atoms with van der Waals surface area (Å²) in [6.45, 7) is 2.04. The summed E-state index contributed by atoms with van der Waals surface area (Å²) in [5.74, 6) is -0.684. The summed E-state index contributed by atoms with van der Waals surface area (Å²) in [6.07, 6.45) is 0.263. The quantitative estimate of drug-likeness (QED) is 0.644. The van der Waals surface area contributed by atoms with Crippen LogP contribution in [0.1, 0.15) is 13.3 Å². The first-order valence-corrected chi connectivity index (χ1v) is 4.84. The molecule has 0 amide bonds. The number of rotatable bonds is 5. The average molecular weight is 207 g/mol. The number of hydrogen-bond acceptors (Lipinski definition) is 5. The fourth-order valence-corrected chi connectivity index (χ4v) is 1.29. The molecule has 6 heteroatoms. The maximum Gasteiger partial charge on any atom is 0.367 e. The van der Waals surface area contributed by atoms with Gasteiger partial charge in [-0.1, -0.05) is 0 Å². The number of carboxylic acids is 1. The van der Waals surface area contributed by atoms with E-state index in [0.717, 1.165) is 11.8 Å². The molecule has 0 heterocycles. The van der Waals surface area contributed by atoms with Gasteiger partial charge in [0, 0.05) is 5.75 Å². The van der Waals surface area contributed by atoms with Crippen molar-refractivity contribution in [2.45, 2.75) is 19.4 Å². The topological polar surface area (TPSA) is 89.6 Å². The van der Waals surface area contributed by atoms with Crippen LogP contribution < -0.4 is 5.73 Å². The summed E-state index contributed by atoms with van der Waals surface area (Å²) in [6, 6.07) is -0.901. The van der Waals surface area contributed by atoms with Crippen LogP contribution in [-0.2, 0) is 9.53 Å². The van der Waals surface area contributed by atoms with Gasteiger partial charge < -0.3 is 15.6 Å². The lowest BCUT2D eigenvalue weighted by Gasteiger charge is -2.04. The molecule has 0 spiro atoms. The normalized spacial score (nSPS) is 12.2. The van der Waals surface area contributed by atoms with Gasteiger partial charge in [0.1, 0.15) is 6.04 Å². The van der Waals surface area contributed by atoms with E-state index < -0.39 is 12.0 Å². The molecule has 0 fully saturated rings. The molecule has 0 radical (unpaired) electrons. The Hall–Kier alpha value is -0.750. The minimum atomic E-state index is -1.05. The maximum atomic E-state index is 10.7. The van der Waals surface area contributed by atoms with Gasteiger partial charge in [-0.2, -0.15) is 0 Å². The number of carbonyl (C=O) groups excluding carboxylic acids is 1. The molecule has 1 atom stereocenters. The lowest BCUT2D eigenvalue weighted by Crippen LogP contribution is -2.30. The molecule has 76 valence electrons. The zero-order chi connectivity index (χ0) is 10.3. The van der Waals surface area contributed by atoms with E-state index in [0.29, 0.717) is 12.4 Å². The van der Waals surface area contributed by atoms with Crippen LogP contribution in [0, 0.1) is 0 Å². The van der Waals surface area contributed by atoms with E-state index in [9.17, 15) is 9.59 Å². The van der Waals surface area contributed by atoms with Crippen LogP contribution in [0.25, 0.3) is 0 Å². The van der Waals surface area contributed by atoms with Gasteiger partial charge in [0.25, 0.3) is 0 Å². The third-order valence-corrected chi connectivity index (χ3v) is 2.02. The summed E-state index contributed by atoms with van der Waals surface area (Å²) in [7, 11) is 0. The molecule has 0 unspecified atom stereocenters. The third kappa shape index (κ3) is 6.41. The van der Waals surface area contributed by atoms with E-state index in [1.54, 1.807) is 6.92 Å². The Morgan fingerprint density at radius 2 is 2.23 bits per heavy atom. The Morgan fingerprint density at radius 3 is 2.69 bits per heavy atom. The molecular weight excluding hydrogens is 194 g/mol. The predicted molar refractivity (Wildman–Crippen MR) is 49.7 cm³/mol. The van der Waals surface area contributed by atoms with Crippen molar-refractivity contribution >= 4 is 23.0 Å². The van der Waals surface area contributed by atoms with Crippen LogP contribution in [0.3, 0.4) is 0 Å². The van der Waals surface area contributed by atoms with E-state index in [1.807, 2.05) is 0 Å². The molecular formula is C7H13NO4S. The first-order chi connectivity index (χ1) is 6.07. The molecule has 0 aliphatic carbocycles. The number of carbonyl (C=O) groups is 2. The van der Waals surface area contributed by atoms with Crippen LogP contribution in [0.15, 0.2) is 0 Å². The number of nitrogens with two attached hydrogens (primary N) is 1. The maximum absolute atomic E-state index is 10.7. The Kier molecular flexibility index (Phi) is 6.34. The molecule has 3 N–H and O–H groups in total. The summed E-state index contributed by atoms with van der Waals surface area (Å²) in [5, 5.41) is 8.01. The SMILES string of the molecule is CCOC(=O)SCC[C@H](N)C(=O)O. The molecule has 0 aromatic carbocycles. The van der Waals surface area contributed by atoms with Gasteiger partial charge in [-0.15, -0.1) is 0 Å². The smallest absolute Gasteiger partial charge is 0.367 e. The average Bonchev–Trinajstić information content (AvgIpc) is 2.04. The van der Waals surface area contributed by atoms with E-state index in [1.165, 1.54) is 0 Å². The standard InChI is InChI=1S/C7H13NO4S/c1-2-12-7(11)13-4-3-5(8)6(9)10/h5H,2-4,8H2,1H3,(H,9,10)/t5-/m0/s1. The van der Waals surface area contributed by atoms with Crippen LogP contribution in [0.5, 0.6) is 0 Å². The van der Waals surface area contributed by atoms with Gasteiger partial charge in [-0.3, -0.25) is 4.79 Å². The molecule has 13 heavy (non-hydrogen) atoms. The fraction of sp³-hybridized carbons (Fsp3) is 0.714. The van der Waals surface area contributed by atoms with Crippen LogP contribution in [-0.4, -0.2) is 34.8 Å². The van der Waals surface area contributed by atoms with Crippen LogP contribution in [0.4, 0.5) is 4.79 Å². The summed E-state index contributed by atoms with van der Waals surface area (Å²) >= 11 is 0.942. The predicted octanol–water partition coefficient (Wildman–Crippen LogP) is 0.678. The molecule has 0 saturated heterocycles. The lowest BCUT2D eigenvalue weighted by molar-refractivity contribution is -0.138. The van der Waals surface area contributed by atoms with Crippen molar-refractivity contribution in [2.75, 3.05) is 12.4 Å². The third-order valence-electron chi connectivity index (χ3n) is 1.23.